The van der Waals surface area contributed by atoms with Crippen LogP contribution in [0.4, 0.5) is 0 Å². The third-order valence-electron chi connectivity index (χ3n) is 1.88. The Bertz CT molecular complexity index is 301. The van der Waals surface area contributed by atoms with Gasteiger partial charge >= 0.3 is 0 Å². The second-order valence-corrected chi connectivity index (χ2v) is 4.29. The quantitative estimate of drug-likeness (QED) is 0.353. The van der Waals surface area contributed by atoms with E-state index < -0.39 is 0 Å². The van der Waals surface area contributed by atoms with Crippen molar-refractivity contribution >= 4 is 28.9 Å². The van der Waals surface area contributed by atoms with E-state index in [9.17, 15) is 4.79 Å². The van der Waals surface area contributed by atoms with E-state index in [0.29, 0.717) is 6.42 Å². The number of unbranched alkanes of at least 4 members (excludes halogenated alkanes) is 1. The van der Waals surface area contributed by atoms with Gasteiger partial charge in [-0.3, -0.25) is 0 Å². The summed E-state index contributed by atoms with van der Waals surface area (Å²) in [6.45, 7) is 0. The highest BCUT2D eigenvalue weighted by Gasteiger charge is 1.88. The van der Waals surface area contributed by atoms with Crippen LogP contribution < -0.4 is 0 Å². The van der Waals surface area contributed by atoms with Crippen LogP contribution in [-0.4, -0.2) is 6.29 Å². The Morgan fingerprint density at radius 2 is 1.79 bits per heavy atom. The lowest BCUT2D eigenvalue weighted by Crippen LogP contribution is -1.80. The van der Waals surface area contributed by atoms with Gasteiger partial charge in [0.2, 0.25) is 0 Å². The fraction of sp³-hybridized carbons (Fsp3) is 0.250. The third kappa shape index (κ3) is 4.56. The highest BCUT2D eigenvalue weighted by molar-refractivity contribution is 14.1. The number of hydrogen-bond donors (Lipinski definition) is 0. The summed E-state index contributed by atoms with van der Waals surface area (Å²) in [6, 6.07) is 8.47. The van der Waals surface area contributed by atoms with Crippen molar-refractivity contribution in [2.75, 3.05) is 0 Å². The summed E-state index contributed by atoms with van der Waals surface area (Å²) in [5.74, 6) is 0. The third-order valence-corrected chi connectivity index (χ3v) is 2.60. The van der Waals surface area contributed by atoms with Gasteiger partial charge in [-0.1, -0.05) is 24.3 Å². The van der Waals surface area contributed by atoms with E-state index in [4.69, 9.17) is 0 Å². The van der Waals surface area contributed by atoms with Crippen molar-refractivity contribution in [2.24, 2.45) is 0 Å². The van der Waals surface area contributed by atoms with Crippen molar-refractivity contribution in [1.82, 2.24) is 0 Å². The standard InChI is InChI=1S/C12H13IO/c13-12-8-6-11(7-9-12)5-3-1-2-4-10-14/h1,3,6-10H,2,4-5H2/b3-1+. The molecular formula is C12H13IO. The van der Waals surface area contributed by atoms with Gasteiger partial charge < -0.3 is 4.79 Å². The van der Waals surface area contributed by atoms with Crippen LogP contribution in [0.5, 0.6) is 0 Å². The largest absolute Gasteiger partial charge is 0.303 e. The van der Waals surface area contributed by atoms with Crippen molar-refractivity contribution in [3.05, 3.63) is 45.6 Å². The van der Waals surface area contributed by atoms with Gasteiger partial charge in [-0.05, 0) is 53.1 Å². The number of benzene rings is 1. The Balaban J connectivity index is 2.34. The minimum Gasteiger partial charge on any atom is -0.303 e. The Labute approximate surface area is 98.4 Å². The van der Waals surface area contributed by atoms with Crippen LogP contribution in [0.25, 0.3) is 0 Å². The molecule has 0 radical (unpaired) electrons. The van der Waals surface area contributed by atoms with Gasteiger partial charge in [-0.2, -0.15) is 0 Å². The lowest BCUT2D eigenvalue weighted by molar-refractivity contribution is -0.107. The average Bonchev–Trinajstić information content (AvgIpc) is 2.21. The molecular weight excluding hydrogens is 287 g/mol. The molecule has 0 unspecified atom stereocenters. The van der Waals surface area contributed by atoms with Crippen molar-refractivity contribution in [1.29, 1.82) is 0 Å². The predicted molar refractivity (Wildman–Crippen MR) is 67.3 cm³/mol. The number of rotatable bonds is 5. The first-order chi connectivity index (χ1) is 6.83. The molecule has 1 aromatic carbocycles. The monoisotopic (exact) mass is 300 g/mol. The van der Waals surface area contributed by atoms with Crippen molar-refractivity contribution in [2.45, 2.75) is 19.3 Å². The zero-order chi connectivity index (χ0) is 10.2. The summed E-state index contributed by atoms with van der Waals surface area (Å²) in [6.07, 6.45) is 7.57. The van der Waals surface area contributed by atoms with Gasteiger partial charge in [0.05, 0.1) is 0 Å². The Hall–Kier alpha value is -0.640. The second-order valence-electron chi connectivity index (χ2n) is 3.05. The fourth-order valence-electron chi connectivity index (χ4n) is 1.12. The molecule has 0 spiro atoms. The molecule has 0 bridgehead atoms. The zero-order valence-electron chi connectivity index (χ0n) is 7.95. The molecule has 1 nitrogen and oxygen atoms in total. The summed E-state index contributed by atoms with van der Waals surface area (Å²) in [7, 11) is 0. The maximum Gasteiger partial charge on any atom is 0.120 e. The van der Waals surface area contributed by atoms with Gasteiger partial charge in [-0.15, -0.1) is 0 Å². The first-order valence-corrected chi connectivity index (χ1v) is 5.74. The van der Waals surface area contributed by atoms with Crippen molar-refractivity contribution < 1.29 is 4.79 Å². The molecule has 14 heavy (non-hydrogen) atoms. The number of carbonyl (C=O) groups is 1. The molecule has 0 aromatic heterocycles. The maximum absolute atomic E-state index is 10.0. The molecule has 0 aliphatic rings. The van der Waals surface area contributed by atoms with Gasteiger partial charge in [0.1, 0.15) is 6.29 Å². The summed E-state index contributed by atoms with van der Waals surface area (Å²) in [4.78, 5) is 10.0. The number of carbonyl (C=O) groups excluding carboxylic acids is 1. The zero-order valence-corrected chi connectivity index (χ0v) is 10.1. The van der Waals surface area contributed by atoms with Crippen LogP contribution in [0, 0.1) is 3.57 Å². The lowest BCUT2D eigenvalue weighted by atomic mass is 10.1. The van der Waals surface area contributed by atoms with Crippen LogP contribution in [0.1, 0.15) is 18.4 Å². The molecule has 0 aliphatic carbocycles. The number of aldehydes is 1. The van der Waals surface area contributed by atoms with Crippen molar-refractivity contribution in [3.8, 4) is 0 Å². The van der Waals surface area contributed by atoms with E-state index in [1.165, 1.54) is 9.13 Å². The maximum atomic E-state index is 10.0. The highest BCUT2D eigenvalue weighted by atomic mass is 127. The van der Waals surface area contributed by atoms with E-state index in [0.717, 1.165) is 19.1 Å². The first kappa shape index (κ1) is 11.4. The summed E-state index contributed by atoms with van der Waals surface area (Å²) in [5, 5.41) is 0. The van der Waals surface area contributed by atoms with E-state index in [1.54, 1.807) is 0 Å². The topological polar surface area (TPSA) is 17.1 Å². The van der Waals surface area contributed by atoms with Gasteiger partial charge in [0.15, 0.2) is 0 Å². The van der Waals surface area contributed by atoms with Gasteiger partial charge in [0, 0.05) is 9.99 Å². The first-order valence-electron chi connectivity index (χ1n) is 4.66. The molecule has 0 aliphatic heterocycles. The minimum atomic E-state index is 0.628. The Morgan fingerprint density at radius 1 is 1.07 bits per heavy atom. The molecule has 0 N–H and O–H groups in total. The van der Waals surface area contributed by atoms with Crippen LogP contribution in [0.2, 0.25) is 0 Å². The van der Waals surface area contributed by atoms with E-state index in [-0.39, 0.29) is 0 Å². The summed E-state index contributed by atoms with van der Waals surface area (Å²) >= 11 is 2.30. The van der Waals surface area contributed by atoms with Crippen LogP contribution in [-0.2, 0) is 11.2 Å². The number of allylic oxidation sites excluding steroid dienone is 2. The Kier molecular flexibility index (Phi) is 5.52. The average molecular weight is 300 g/mol. The van der Waals surface area contributed by atoms with E-state index >= 15 is 0 Å². The van der Waals surface area contributed by atoms with Crippen LogP contribution in [0.15, 0.2) is 36.4 Å². The molecule has 2 heteroatoms. The van der Waals surface area contributed by atoms with Crippen molar-refractivity contribution in [3.63, 3.8) is 0 Å². The second kappa shape index (κ2) is 6.76. The van der Waals surface area contributed by atoms with Crippen LogP contribution in [0.3, 0.4) is 0 Å². The molecule has 0 atom stereocenters. The predicted octanol–water partition coefficient (Wildman–Crippen LogP) is 3.37. The normalized spacial score (nSPS) is 10.6. The molecule has 0 heterocycles. The Morgan fingerprint density at radius 3 is 2.43 bits per heavy atom. The highest BCUT2D eigenvalue weighted by Crippen LogP contribution is 2.07. The van der Waals surface area contributed by atoms with E-state index in [2.05, 4.69) is 59.0 Å². The van der Waals surface area contributed by atoms with Gasteiger partial charge in [0.25, 0.3) is 0 Å². The molecule has 0 saturated heterocycles. The smallest absolute Gasteiger partial charge is 0.120 e. The SMILES string of the molecule is O=CCC/C=C/Cc1ccc(I)cc1. The van der Waals surface area contributed by atoms with Gasteiger partial charge in [-0.25, -0.2) is 0 Å². The summed E-state index contributed by atoms with van der Waals surface area (Å²) < 4.78 is 1.26. The molecule has 0 amide bonds. The molecule has 0 fully saturated rings. The van der Waals surface area contributed by atoms with E-state index in [1.807, 2.05) is 0 Å². The fourth-order valence-corrected chi connectivity index (χ4v) is 1.48. The van der Waals surface area contributed by atoms with Crippen LogP contribution >= 0.6 is 22.6 Å². The minimum absolute atomic E-state index is 0.628. The summed E-state index contributed by atoms with van der Waals surface area (Å²) in [5.41, 5.74) is 1.31. The molecule has 1 aromatic rings. The molecule has 1 rings (SSSR count). The molecule has 74 valence electrons. The number of hydrogen-bond acceptors (Lipinski definition) is 1. The lowest BCUT2D eigenvalue weighted by Gasteiger charge is -1.95. The molecule has 0 saturated carbocycles. The number of halogens is 1.